The number of nitrogens with zero attached hydrogens (tertiary/aromatic N) is 1. The number of fused-ring (bicyclic) bond motifs is 10. The predicted molar refractivity (Wildman–Crippen MR) is 97.9 cm³/mol. The first-order valence-electron chi connectivity index (χ1n) is 8.94. The monoisotopic (exact) mass is 323 g/mol. The number of hydrogen-bond donors (Lipinski definition) is 0. The largest absolute Gasteiger partial charge is 0.300 e. The molecule has 3 atom stereocenters. The van der Waals surface area contributed by atoms with Crippen molar-refractivity contribution in [2.75, 3.05) is 4.90 Å². The molecule has 0 aromatic heterocycles. The summed E-state index contributed by atoms with van der Waals surface area (Å²) in [6.45, 7) is 0. The van der Waals surface area contributed by atoms with Crippen LogP contribution in [0.15, 0.2) is 72.8 Å². The van der Waals surface area contributed by atoms with Gasteiger partial charge in [0.2, 0.25) is 0 Å². The van der Waals surface area contributed by atoms with Crippen LogP contribution in [-0.4, -0.2) is 5.91 Å². The summed E-state index contributed by atoms with van der Waals surface area (Å²) in [5.74, 6) is 0.954. The third-order valence-electron chi connectivity index (χ3n) is 6.22. The van der Waals surface area contributed by atoms with Crippen molar-refractivity contribution in [1.82, 2.24) is 0 Å². The molecule has 0 saturated carbocycles. The summed E-state index contributed by atoms with van der Waals surface area (Å²) in [4.78, 5) is 15.2. The highest BCUT2D eigenvalue weighted by Crippen LogP contribution is 2.58. The van der Waals surface area contributed by atoms with Gasteiger partial charge in [-0.3, -0.25) is 4.79 Å². The third kappa shape index (κ3) is 1.57. The first kappa shape index (κ1) is 13.4. The van der Waals surface area contributed by atoms with E-state index in [1.807, 2.05) is 18.2 Å². The molecule has 3 aliphatic rings. The quantitative estimate of drug-likeness (QED) is 0.587. The van der Waals surface area contributed by atoms with E-state index in [4.69, 9.17) is 0 Å². The standard InChI is InChI=1S/C23H17NO/c25-23-17-10-4-3-9-16(17)22-19-13-14-7-1-2-8-15(14)21(19)18-11-5-6-12-20(18)24(22)23/h1-12,19,21-22H,13H2. The van der Waals surface area contributed by atoms with Crippen LogP contribution in [0.4, 0.5) is 5.69 Å². The SMILES string of the molecule is O=C1c2ccccc2C2C3Cc4ccccc4C3c3ccccc3N12. The molecule has 3 aromatic rings. The van der Waals surface area contributed by atoms with Crippen LogP contribution in [0.3, 0.4) is 0 Å². The van der Waals surface area contributed by atoms with Gasteiger partial charge in [0.1, 0.15) is 0 Å². The lowest BCUT2D eigenvalue weighted by Gasteiger charge is -2.41. The van der Waals surface area contributed by atoms with Gasteiger partial charge in [-0.1, -0.05) is 60.7 Å². The van der Waals surface area contributed by atoms with Gasteiger partial charge < -0.3 is 4.90 Å². The second kappa shape index (κ2) is 4.60. The maximum atomic E-state index is 13.2. The average molecular weight is 323 g/mol. The zero-order chi connectivity index (χ0) is 16.5. The molecule has 3 unspecified atom stereocenters. The highest BCUT2D eigenvalue weighted by Gasteiger charge is 2.52. The van der Waals surface area contributed by atoms with Crippen molar-refractivity contribution in [1.29, 1.82) is 0 Å². The topological polar surface area (TPSA) is 20.3 Å². The molecule has 1 amide bonds. The lowest BCUT2D eigenvalue weighted by Crippen LogP contribution is -2.39. The lowest BCUT2D eigenvalue weighted by atomic mass is 9.75. The van der Waals surface area contributed by atoms with E-state index < -0.39 is 0 Å². The molecule has 2 nitrogen and oxygen atoms in total. The Balaban J connectivity index is 1.66. The molecule has 2 heterocycles. The van der Waals surface area contributed by atoms with Crippen molar-refractivity contribution < 1.29 is 4.79 Å². The highest BCUT2D eigenvalue weighted by molar-refractivity contribution is 6.12. The van der Waals surface area contributed by atoms with E-state index in [0.717, 1.165) is 17.7 Å². The van der Waals surface area contributed by atoms with E-state index in [2.05, 4.69) is 59.5 Å². The summed E-state index contributed by atoms with van der Waals surface area (Å²) in [5.41, 5.74) is 7.34. The molecule has 2 aliphatic heterocycles. The van der Waals surface area contributed by atoms with E-state index in [1.54, 1.807) is 0 Å². The van der Waals surface area contributed by atoms with Crippen LogP contribution in [-0.2, 0) is 6.42 Å². The molecule has 0 spiro atoms. The van der Waals surface area contributed by atoms with E-state index in [-0.39, 0.29) is 11.9 Å². The molecule has 3 aromatic carbocycles. The van der Waals surface area contributed by atoms with Crippen molar-refractivity contribution in [3.05, 3.63) is 101 Å². The fraction of sp³-hybridized carbons (Fsp3) is 0.174. The number of benzene rings is 3. The number of carbonyl (C=O) groups excluding carboxylic acids is 1. The number of para-hydroxylation sites is 1. The first-order chi connectivity index (χ1) is 12.3. The number of hydrogen-bond acceptors (Lipinski definition) is 1. The van der Waals surface area contributed by atoms with Crippen molar-refractivity contribution in [2.45, 2.75) is 18.4 Å². The number of carbonyl (C=O) groups is 1. The summed E-state index contributed by atoms with van der Waals surface area (Å²) in [5, 5.41) is 0. The molecule has 120 valence electrons. The summed E-state index contributed by atoms with van der Waals surface area (Å²) in [6.07, 6.45) is 1.04. The Bertz CT molecular complexity index is 1040. The van der Waals surface area contributed by atoms with Gasteiger partial charge in [0.25, 0.3) is 5.91 Å². The molecule has 25 heavy (non-hydrogen) atoms. The van der Waals surface area contributed by atoms with Gasteiger partial charge in [-0.2, -0.15) is 0 Å². The molecule has 2 heteroatoms. The van der Waals surface area contributed by atoms with Crippen LogP contribution >= 0.6 is 0 Å². The number of amides is 1. The maximum absolute atomic E-state index is 13.2. The summed E-state index contributed by atoms with van der Waals surface area (Å²) < 4.78 is 0. The van der Waals surface area contributed by atoms with Crippen LogP contribution in [0, 0.1) is 5.92 Å². The molecular formula is C23H17NO. The Morgan fingerprint density at radius 1 is 0.760 bits per heavy atom. The maximum Gasteiger partial charge on any atom is 0.259 e. The minimum atomic E-state index is 0.149. The molecule has 6 rings (SSSR count). The Kier molecular flexibility index (Phi) is 2.47. The predicted octanol–water partition coefficient (Wildman–Crippen LogP) is 4.71. The van der Waals surface area contributed by atoms with Gasteiger partial charge in [0, 0.05) is 17.2 Å². The van der Waals surface area contributed by atoms with Crippen molar-refractivity contribution in [3.8, 4) is 0 Å². The van der Waals surface area contributed by atoms with Gasteiger partial charge >= 0.3 is 0 Å². The minimum absolute atomic E-state index is 0.149. The lowest BCUT2D eigenvalue weighted by molar-refractivity contribution is 0.0981. The molecular weight excluding hydrogens is 306 g/mol. The highest BCUT2D eigenvalue weighted by atomic mass is 16.2. The number of anilines is 1. The molecule has 1 aliphatic carbocycles. The Labute approximate surface area is 146 Å². The minimum Gasteiger partial charge on any atom is -0.300 e. The van der Waals surface area contributed by atoms with Gasteiger partial charge in [-0.05, 0) is 46.7 Å². The fourth-order valence-corrected chi connectivity index (χ4v) is 5.31. The molecule has 0 bridgehead atoms. The Morgan fingerprint density at radius 3 is 2.32 bits per heavy atom. The Morgan fingerprint density at radius 2 is 1.44 bits per heavy atom. The first-order valence-corrected chi connectivity index (χ1v) is 8.94. The van der Waals surface area contributed by atoms with E-state index in [1.165, 1.54) is 22.3 Å². The summed E-state index contributed by atoms with van der Waals surface area (Å²) >= 11 is 0. The van der Waals surface area contributed by atoms with Gasteiger partial charge in [-0.15, -0.1) is 0 Å². The zero-order valence-electron chi connectivity index (χ0n) is 13.7. The summed E-state index contributed by atoms with van der Waals surface area (Å²) in [7, 11) is 0. The smallest absolute Gasteiger partial charge is 0.259 e. The normalized spacial score (nSPS) is 25.0. The third-order valence-corrected chi connectivity index (χ3v) is 6.22. The van der Waals surface area contributed by atoms with E-state index in [9.17, 15) is 4.79 Å². The van der Waals surface area contributed by atoms with Gasteiger partial charge in [0.05, 0.1) is 6.04 Å². The zero-order valence-corrected chi connectivity index (χ0v) is 13.7. The van der Waals surface area contributed by atoms with Crippen LogP contribution in [0.2, 0.25) is 0 Å². The van der Waals surface area contributed by atoms with Crippen molar-refractivity contribution in [2.24, 2.45) is 5.92 Å². The molecule has 0 radical (unpaired) electrons. The Hall–Kier alpha value is -2.87. The van der Waals surface area contributed by atoms with Crippen LogP contribution in [0.1, 0.15) is 44.6 Å². The van der Waals surface area contributed by atoms with Crippen LogP contribution < -0.4 is 4.90 Å². The summed E-state index contributed by atoms with van der Waals surface area (Å²) in [6, 6.07) is 25.6. The second-order valence-electron chi connectivity index (χ2n) is 7.31. The van der Waals surface area contributed by atoms with Crippen molar-refractivity contribution in [3.63, 3.8) is 0 Å². The van der Waals surface area contributed by atoms with E-state index in [0.29, 0.717) is 11.8 Å². The molecule has 0 N–H and O–H groups in total. The molecule has 0 fully saturated rings. The van der Waals surface area contributed by atoms with E-state index >= 15 is 0 Å². The second-order valence-corrected chi connectivity index (χ2v) is 7.31. The van der Waals surface area contributed by atoms with Crippen LogP contribution in [0.25, 0.3) is 0 Å². The number of rotatable bonds is 0. The molecule has 0 saturated heterocycles. The fourth-order valence-electron chi connectivity index (χ4n) is 5.31. The van der Waals surface area contributed by atoms with Crippen molar-refractivity contribution >= 4 is 11.6 Å². The average Bonchev–Trinajstić information content (AvgIpc) is 3.19. The van der Waals surface area contributed by atoms with Gasteiger partial charge in [0.15, 0.2) is 0 Å². The van der Waals surface area contributed by atoms with Gasteiger partial charge in [-0.25, -0.2) is 0 Å². The van der Waals surface area contributed by atoms with Crippen LogP contribution in [0.5, 0.6) is 0 Å².